The van der Waals surface area contributed by atoms with Crippen molar-refractivity contribution in [2.75, 3.05) is 26.1 Å². The molecule has 0 radical (unpaired) electrons. The van der Waals surface area contributed by atoms with Crippen molar-refractivity contribution in [2.45, 2.75) is 13.1 Å². The van der Waals surface area contributed by atoms with Crippen molar-refractivity contribution in [3.8, 4) is 5.75 Å². The van der Waals surface area contributed by atoms with Gasteiger partial charge in [-0.2, -0.15) is 0 Å². The van der Waals surface area contributed by atoms with Gasteiger partial charge in [-0.15, -0.1) is 0 Å². The molecule has 0 aliphatic carbocycles. The van der Waals surface area contributed by atoms with E-state index in [-0.39, 0.29) is 0 Å². The minimum Gasteiger partial charge on any atom is -0.497 e. The Hall–Kier alpha value is -2.07. The Morgan fingerprint density at radius 2 is 1.95 bits per heavy atom. The molecule has 0 bridgehead atoms. The fourth-order valence-electron chi connectivity index (χ4n) is 2.08. The SMILES string of the molecule is CNCc1cc(N(C)Cc2ccc(OC)cc2)ccn1. The fourth-order valence-corrected chi connectivity index (χ4v) is 2.08. The van der Waals surface area contributed by atoms with Crippen LogP contribution in [0.3, 0.4) is 0 Å². The summed E-state index contributed by atoms with van der Waals surface area (Å²) >= 11 is 0. The van der Waals surface area contributed by atoms with Gasteiger partial charge in [-0.25, -0.2) is 0 Å². The van der Waals surface area contributed by atoms with Crippen LogP contribution in [-0.2, 0) is 13.1 Å². The number of rotatable bonds is 6. The summed E-state index contributed by atoms with van der Waals surface area (Å²) in [6.07, 6.45) is 1.85. The van der Waals surface area contributed by atoms with Crippen LogP contribution in [0.5, 0.6) is 5.75 Å². The van der Waals surface area contributed by atoms with E-state index in [1.807, 2.05) is 31.4 Å². The Labute approximate surface area is 120 Å². The van der Waals surface area contributed by atoms with Gasteiger partial charge < -0.3 is 15.0 Å². The first kappa shape index (κ1) is 14.3. The molecule has 1 aromatic heterocycles. The minimum absolute atomic E-state index is 0.782. The number of anilines is 1. The third-order valence-corrected chi connectivity index (χ3v) is 3.18. The van der Waals surface area contributed by atoms with Crippen LogP contribution >= 0.6 is 0 Å². The summed E-state index contributed by atoms with van der Waals surface area (Å²) in [7, 11) is 5.69. The molecule has 1 N–H and O–H groups in total. The molecule has 20 heavy (non-hydrogen) atoms. The minimum atomic E-state index is 0.782. The number of nitrogens with zero attached hydrogens (tertiary/aromatic N) is 2. The van der Waals surface area contributed by atoms with Crippen molar-refractivity contribution >= 4 is 5.69 Å². The summed E-state index contributed by atoms with van der Waals surface area (Å²) in [5.74, 6) is 0.886. The Morgan fingerprint density at radius 1 is 1.20 bits per heavy atom. The van der Waals surface area contributed by atoms with E-state index in [9.17, 15) is 0 Å². The second-order valence-corrected chi connectivity index (χ2v) is 4.74. The van der Waals surface area contributed by atoms with E-state index in [4.69, 9.17) is 4.74 Å². The fraction of sp³-hybridized carbons (Fsp3) is 0.312. The number of hydrogen-bond donors (Lipinski definition) is 1. The van der Waals surface area contributed by atoms with Gasteiger partial charge >= 0.3 is 0 Å². The van der Waals surface area contributed by atoms with Gasteiger partial charge in [0, 0.05) is 32.0 Å². The Kier molecular flexibility index (Phi) is 4.96. The molecule has 0 saturated carbocycles. The van der Waals surface area contributed by atoms with Crippen molar-refractivity contribution in [1.82, 2.24) is 10.3 Å². The molecule has 0 saturated heterocycles. The highest BCUT2D eigenvalue weighted by Gasteiger charge is 2.04. The number of methoxy groups -OCH3 is 1. The molecular weight excluding hydrogens is 250 g/mol. The molecule has 1 aromatic carbocycles. The van der Waals surface area contributed by atoms with E-state index >= 15 is 0 Å². The molecule has 0 atom stereocenters. The average Bonchev–Trinajstić information content (AvgIpc) is 2.48. The number of hydrogen-bond acceptors (Lipinski definition) is 4. The highest BCUT2D eigenvalue weighted by Crippen LogP contribution is 2.17. The molecule has 0 aliphatic rings. The van der Waals surface area contributed by atoms with Crippen LogP contribution in [-0.4, -0.2) is 26.2 Å². The van der Waals surface area contributed by atoms with E-state index in [1.54, 1.807) is 7.11 Å². The van der Waals surface area contributed by atoms with Gasteiger partial charge in [0.25, 0.3) is 0 Å². The van der Waals surface area contributed by atoms with Crippen LogP contribution in [0.4, 0.5) is 5.69 Å². The molecule has 2 rings (SSSR count). The van der Waals surface area contributed by atoms with Crippen molar-refractivity contribution in [3.05, 3.63) is 53.9 Å². The normalized spacial score (nSPS) is 10.3. The lowest BCUT2D eigenvalue weighted by molar-refractivity contribution is 0.414. The van der Waals surface area contributed by atoms with Crippen LogP contribution in [0.1, 0.15) is 11.3 Å². The van der Waals surface area contributed by atoms with Gasteiger partial charge in [-0.3, -0.25) is 4.98 Å². The molecule has 0 amide bonds. The van der Waals surface area contributed by atoms with Crippen molar-refractivity contribution < 1.29 is 4.74 Å². The second kappa shape index (κ2) is 6.91. The Balaban J connectivity index is 2.06. The maximum atomic E-state index is 5.17. The van der Waals surface area contributed by atoms with E-state index in [2.05, 4.69) is 40.4 Å². The van der Waals surface area contributed by atoms with E-state index in [0.717, 1.165) is 24.5 Å². The van der Waals surface area contributed by atoms with Gasteiger partial charge in [0.1, 0.15) is 5.75 Å². The van der Waals surface area contributed by atoms with E-state index in [0.29, 0.717) is 0 Å². The molecule has 4 nitrogen and oxygen atoms in total. The van der Waals surface area contributed by atoms with Crippen LogP contribution in [0.2, 0.25) is 0 Å². The summed E-state index contributed by atoms with van der Waals surface area (Å²) in [4.78, 5) is 6.55. The summed E-state index contributed by atoms with van der Waals surface area (Å²) in [6.45, 7) is 1.64. The second-order valence-electron chi connectivity index (χ2n) is 4.74. The lowest BCUT2D eigenvalue weighted by Gasteiger charge is -2.20. The van der Waals surface area contributed by atoms with Gasteiger partial charge in [0.05, 0.1) is 12.8 Å². The zero-order chi connectivity index (χ0) is 14.4. The summed E-state index contributed by atoms with van der Waals surface area (Å²) in [6, 6.07) is 12.3. The maximum Gasteiger partial charge on any atom is 0.118 e. The lowest BCUT2D eigenvalue weighted by atomic mass is 10.2. The molecule has 106 valence electrons. The van der Waals surface area contributed by atoms with Gasteiger partial charge in [-0.1, -0.05) is 12.1 Å². The van der Waals surface area contributed by atoms with Crippen LogP contribution < -0.4 is 15.0 Å². The molecule has 1 heterocycles. The molecular formula is C16H21N3O. The monoisotopic (exact) mass is 271 g/mol. The number of benzene rings is 1. The van der Waals surface area contributed by atoms with Crippen LogP contribution in [0.15, 0.2) is 42.6 Å². The van der Waals surface area contributed by atoms with E-state index in [1.165, 1.54) is 11.3 Å². The molecule has 0 unspecified atom stereocenters. The standard InChI is InChI=1S/C16H21N3O/c1-17-11-14-10-15(8-9-18-14)19(2)12-13-4-6-16(20-3)7-5-13/h4-10,17H,11-12H2,1-3H3. The van der Waals surface area contributed by atoms with Gasteiger partial charge in [0.2, 0.25) is 0 Å². The molecule has 0 fully saturated rings. The van der Waals surface area contributed by atoms with Gasteiger partial charge in [0.15, 0.2) is 0 Å². The largest absolute Gasteiger partial charge is 0.497 e. The van der Waals surface area contributed by atoms with Crippen molar-refractivity contribution in [1.29, 1.82) is 0 Å². The third kappa shape index (κ3) is 3.71. The van der Waals surface area contributed by atoms with Crippen LogP contribution in [0.25, 0.3) is 0 Å². The summed E-state index contributed by atoms with van der Waals surface area (Å²) < 4.78 is 5.17. The summed E-state index contributed by atoms with van der Waals surface area (Å²) in [5.41, 5.74) is 3.47. The highest BCUT2D eigenvalue weighted by molar-refractivity contribution is 5.46. The number of nitrogens with one attached hydrogen (secondary N) is 1. The summed E-state index contributed by atoms with van der Waals surface area (Å²) in [5, 5.41) is 3.12. The molecule has 4 heteroatoms. The number of ether oxygens (including phenoxy) is 1. The lowest BCUT2D eigenvalue weighted by Crippen LogP contribution is -2.17. The smallest absolute Gasteiger partial charge is 0.118 e. The quantitative estimate of drug-likeness (QED) is 0.875. The first-order valence-electron chi connectivity index (χ1n) is 6.66. The highest BCUT2D eigenvalue weighted by atomic mass is 16.5. The molecule has 0 aliphatic heterocycles. The third-order valence-electron chi connectivity index (χ3n) is 3.18. The first-order valence-corrected chi connectivity index (χ1v) is 6.66. The molecule has 2 aromatic rings. The average molecular weight is 271 g/mol. The number of aromatic nitrogens is 1. The topological polar surface area (TPSA) is 37.4 Å². The maximum absolute atomic E-state index is 5.17. The van der Waals surface area contributed by atoms with Crippen molar-refractivity contribution in [3.63, 3.8) is 0 Å². The number of pyridine rings is 1. The predicted octanol–water partition coefficient (Wildman–Crippen LogP) is 2.45. The Morgan fingerprint density at radius 3 is 2.60 bits per heavy atom. The zero-order valence-corrected chi connectivity index (χ0v) is 12.3. The zero-order valence-electron chi connectivity index (χ0n) is 12.3. The van der Waals surface area contributed by atoms with Crippen LogP contribution in [0, 0.1) is 0 Å². The van der Waals surface area contributed by atoms with Crippen molar-refractivity contribution in [2.24, 2.45) is 0 Å². The van der Waals surface area contributed by atoms with E-state index < -0.39 is 0 Å². The first-order chi connectivity index (χ1) is 9.72. The molecule has 0 spiro atoms. The predicted molar refractivity (Wildman–Crippen MR) is 82.1 cm³/mol. The Bertz CT molecular complexity index is 540. The van der Waals surface area contributed by atoms with Gasteiger partial charge in [-0.05, 0) is 36.9 Å².